The largest absolute Gasteiger partial charge is 0.352 e. The van der Waals surface area contributed by atoms with E-state index in [-0.39, 0.29) is 18.5 Å². The van der Waals surface area contributed by atoms with Gasteiger partial charge in [0, 0.05) is 6.04 Å². The molecule has 124 valence electrons. The number of carbonyl (C=O) groups excluding carboxylic acids is 1. The fourth-order valence-electron chi connectivity index (χ4n) is 2.87. The highest BCUT2D eigenvalue weighted by Crippen LogP contribution is 2.11. The summed E-state index contributed by atoms with van der Waals surface area (Å²) in [6, 6.07) is 2.18. The Labute approximate surface area is 139 Å². The molecule has 7 nitrogen and oxygen atoms in total. The van der Waals surface area contributed by atoms with E-state index in [1.165, 1.54) is 18.4 Å². The lowest BCUT2D eigenvalue weighted by Crippen LogP contribution is -2.37. The van der Waals surface area contributed by atoms with Crippen LogP contribution in [-0.2, 0) is 24.3 Å². The zero-order valence-corrected chi connectivity index (χ0v) is 14.1. The molecule has 1 atom stereocenters. The molecule has 1 aliphatic rings. The summed E-state index contributed by atoms with van der Waals surface area (Å²) in [5.74, 6) is 0.704. The normalized spacial score (nSPS) is 16.6. The Morgan fingerprint density at radius 1 is 1.43 bits per heavy atom. The molecule has 0 radical (unpaired) electrons. The molecular weight excluding hydrogens is 312 g/mol. The van der Waals surface area contributed by atoms with Gasteiger partial charge in [-0.15, -0.1) is 5.10 Å². The van der Waals surface area contributed by atoms with Crippen LogP contribution >= 0.6 is 11.3 Å². The van der Waals surface area contributed by atoms with E-state index in [9.17, 15) is 4.79 Å². The molecule has 0 unspecified atom stereocenters. The summed E-state index contributed by atoms with van der Waals surface area (Å²) in [6.07, 6.45) is 3.29. The van der Waals surface area contributed by atoms with Crippen molar-refractivity contribution in [1.29, 1.82) is 0 Å². The Morgan fingerprint density at radius 2 is 2.26 bits per heavy atom. The molecule has 2 aromatic heterocycles. The number of hydrogen-bond donors (Lipinski definition) is 1. The van der Waals surface area contributed by atoms with Gasteiger partial charge in [-0.1, -0.05) is 0 Å². The summed E-state index contributed by atoms with van der Waals surface area (Å²) >= 11 is 1.67. The van der Waals surface area contributed by atoms with Crippen molar-refractivity contribution in [3.63, 3.8) is 0 Å². The molecule has 1 aliphatic heterocycles. The van der Waals surface area contributed by atoms with Gasteiger partial charge in [-0.05, 0) is 72.1 Å². The highest BCUT2D eigenvalue weighted by molar-refractivity contribution is 7.07. The van der Waals surface area contributed by atoms with E-state index in [4.69, 9.17) is 0 Å². The number of thiophene rings is 1. The second-order valence-electron chi connectivity index (χ2n) is 6.04. The molecule has 1 amide bonds. The Hall–Kier alpha value is -1.80. The van der Waals surface area contributed by atoms with E-state index in [2.05, 4.69) is 42.6 Å². The van der Waals surface area contributed by atoms with Crippen molar-refractivity contribution >= 4 is 17.2 Å². The van der Waals surface area contributed by atoms with Crippen LogP contribution in [0.4, 0.5) is 0 Å². The first-order chi connectivity index (χ1) is 11.2. The lowest BCUT2D eigenvalue weighted by atomic mass is 10.1. The molecule has 0 bridgehead atoms. The zero-order valence-electron chi connectivity index (χ0n) is 13.3. The lowest BCUT2D eigenvalue weighted by molar-refractivity contribution is -0.122. The maximum Gasteiger partial charge on any atom is 0.242 e. The number of aromatic nitrogens is 4. The first-order valence-electron chi connectivity index (χ1n) is 7.98. The number of hydrogen-bond acceptors (Lipinski definition) is 6. The van der Waals surface area contributed by atoms with Crippen LogP contribution in [-0.4, -0.2) is 50.1 Å². The molecule has 3 heterocycles. The number of tetrazole rings is 1. The number of nitrogens with one attached hydrogen (secondary N) is 1. The summed E-state index contributed by atoms with van der Waals surface area (Å²) < 4.78 is 1.60. The molecule has 0 spiro atoms. The van der Waals surface area contributed by atoms with Crippen LogP contribution in [0.5, 0.6) is 0 Å². The summed E-state index contributed by atoms with van der Waals surface area (Å²) in [4.78, 5) is 14.5. The summed E-state index contributed by atoms with van der Waals surface area (Å²) in [5.41, 5.74) is 1.25. The van der Waals surface area contributed by atoms with Gasteiger partial charge in [0.1, 0.15) is 6.54 Å². The highest BCUT2D eigenvalue weighted by Gasteiger charge is 2.17. The summed E-state index contributed by atoms with van der Waals surface area (Å²) in [7, 11) is 0. The monoisotopic (exact) mass is 334 g/mol. The molecule has 0 aromatic carbocycles. The van der Waals surface area contributed by atoms with E-state index in [0.717, 1.165) is 25.3 Å². The lowest BCUT2D eigenvalue weighted by Gasteiger charge is -2.15. The van der Waals surface area contributed by atoms with Crippen molar-refractivity contribution < 1.29 is 4.79 Å². The van der Waals surface area contributed by atoms with Gasteiger partial charge < -0.3 is 5.32 Å². The van der Waals surface area contributed by atoms with E-state index in [1.807, 2.05) is 6.92 Å². The first-order valence-corrected chi connectivity index (χ1v) is 8.93. The quantitative estimate of drug-likeness (QED) is 0.820. The average Bonchev–Trinajstić information content (AvgIpc) is 3.23. The molecule has 2 aromatic rings. The van der Waals surface area contributed by atoms with Crippen LogP contribution in [0.15, 0.2) is 16.8 Å². The number of likely N-dealkylation sites (tertiary alicyclic amines) is 1. The van der Waals surface area contributed by atoms with Crippen LogP contribution in [0.3, 0.4) is 0 Å². The molecule has 8 heteroatoms. The topological polar surface area (TPSA) is 75.9 Å². The van der Waals surface area contributed by atoms with E-state index >= 15 is 0 Å². The molecular formula is C15H22N6OS. The predicted molar refractivity (Wildman–Crippen MR) is 88.0 cm³/mol. The fraction of sp³-hybridized carbons (Fsp3) is 0.600. The Bertz CT molecular complexity index is 620. The van der Waals surface area contributed by atoms with E-state index in [1.54, 1.807) is 16.0 Å². The Morgan fingerprint density at radius 3 is 3.00 bits per heavy atom. The standard InChI is InChI=1S/C15H22N6OS/c1-12(8-13-4-7-23-11-13)16-15(22)10-21-14(17-18-19-21)9-20-5-2-3-6-20/h4,7,11-12H,2-3,5-6,8-10H2,1H3,(H,16,22)/t12-/m0/s1. The van der Waals surface area contributed by atoms with Crippen molar-refractivity contribution in [3.05, 3.63) is 28.2 Å². The number of carbonyl (C=O) groups is 1. The third kappa shape index (κ3) is 4.59. The van der Waals surface area contributed by atoms with Gasteiger partial charge in [0.05, 0.1) is 6.54 Å². The molecule has 1 N–H and O–H groups in total. The minimum absolute atomic E-state index is 0.0531. The van der Waals surface area contributed by atoms with Gasteiger partial charge in [-0.2, -0.15) is 11.3 Å². The third-order valence-electron chi connectivity index (χ3n) is 3.99. The van der Waals surface area contributed by atoms with E-state index < -0.39 is 0 Å². The smallest absolute Gasteiger partial charge is 0.242 e. The van der Waals surface area contributed by atoms with Gasteiger partial charge in [0.15, 0.2) is 5.82 Å². The number of rotatable bonds is 7. The molecule has 3 rings (SSSR count). The zero-order chi connectivity index (χ0) is 16.1. The van der Waals surface area contributed by atoms with E-state index in [0.29, 0.717) is 6.54 Å². The average molecular weight is 334 g/mol. The van der Waals surface area contributed by atoms with Gasteiger partial charge >= 0.3 is 0 Å². The highest BCUT2D eigenvalue weighted by atomic mass is 32.1. The van der Waals surface area contributed by atoms with Crippen LogP contribution in [0.1, 0.15) is 31.2 Å². The summed E-state index contributed by atoms with van der Waals surface area (Å²) in [5, 5.41) is 18.9. The van der Waals surface area contributed by atoms with Crippen LogP contribution in [0.2, 0.25) is 0 Å². The Balaban J connectivity index is 1.50. The molecule has 23 heavy (non-hydrogen) atoms. The molecule has 1 fully saturated rings. The second kappa shape index (κ2) is 7.65. The van der Waals surface area contributed by atoms with Gasteiger partial charge in [0.25, 0.3) is 0 Å². The second-order valence-corrected chi connectivity index (χ2v) is 6.82. The minimum atomic E-state index is -0.0531. The van der Waals surface area contributed by atoms with Crippen molar-refractivity contribution in [2.75, 3.05) is 13.1 Å². The number of nitrogens with zero attached hydrogens (tertiary/aromatic N) is 5. The molecule has 0 saturated carbocycles. The maximum absolute atomic E-state index is 12.2. The third-order valence-corrected chi connectivity index (χ3v) is 4.72. The van der Waals surface area contributed by atoms with Crippen LogP contribution < -0.4 is 5.32 Å². The maximum atomic E-state index is 12.2. The Kier molecular flexibility index (Phi) is 5.35. The number of amides is 1. The summed E-state index contributed by atoms with van der Waals surface area (Å²) in [6.45, 7) is 5.06. The van der Waals surface area contributed by atoms with Gasteiger partial charge in [-0.25, -0.2) is 4.68 Å². The van der Waals surface area contributed by atoms with Crippen molar-refractivity contribution in [2.24, 2.45) is 0 Å². The van der Waals surface area contributed by atoms with Crippen LogP contribution in [0.25, 0.3) is 0 Å². The van der Waals surface area contributed by atoms with Gasteiger partial charge in [0.2, 0.25) is 5.91 Å². The SMILES string of the molecule is C[C@@H](Cc1ccsc1)NC(=O)Cn1nnnc1CN1CCCC1. The molecule has 1 saturated heterocycles. The first kappa shape index (κ1) is 16.1. The molecule has 0 aliphatic carbocycles. The van der Waals surface area contributed by atoms with Crippen molar-refractivity contribution in [2.45, 2.75) is 45.3 Å². The van der Waals surface area contributed by atoms with Crippen molar-refractivity contribution in [3.8, 4) is 0 Å². The minimum Gasteiger partial charge on any atom is -0.352 e. The van der Waals surface area contributed by atoms with Crippen molar-refractivity contribution in [1.82, 2.24) is 30.4 Å². The van der Waals surface area contributed by atoms with Gasteiger partial charge in [-0.3, -0.25) is 9.69 Å². The fourth-order valence-corrected chi connectivity index (χ4v) is 3.55. The predicted octanol–water partition coefficient (Wildman–Crippen LogP) is 1.08. The van der Waals surface area contributed by atoms with Crippen LogP contribution in [0, 0.1) is 0 Å².